The second-order valence-corrected chi connectivity index (χ2v) is 7.57. The molecule has 8 heteroatoms. The zero-order valence-electron chi connectivity index (χ0n) is 18.1. The quantitative estimate of drug-likeness (QED) is 0.306. The molecule has 0 atom stereocenters. The Morgan fingerprint density at radius 3 is 2.24 bits per heavy atom. The van der Waals surface area contributed by atoms with Crippen molar-refractivity contribution in [2.75, 3.05) is 26.6 Å². The van der Waals surface area contributed by atoms with Crippen LogP contribution in [0.2, 0.25) is 0 Å². The highest BCUT2D eigenvalue weighted by atomic mass is 79.9. The molecule has 3 aromatic carbocycles. The largest absolute Gasteiger partial charge is 0.496 e. The Labute approximate surface area is 199 Å². The Hall–Kier alpha value is -3.65. The molecule has 0 aliphatic rings. The minimum atomic E-state index is -0.428. The Morgan fingerprint density at radius 2 is 1.61 bits per heavy atom. The van der Waals surface area contributed by atoms with Crippen LogP contribution in [0.15, 0.2) is 65.1 Å². The number of anilines is 1. The fourth-order valence-electron chi connectivity index (χ4n) is 3.09. The van der Waals surface area contributed by atoms with Crippen molar-refractivity contribution in [3.63, 3.8) is 0 Å². The molecule has 33 heavy (non-hydrogen) atoms. The Morgan fingerprint density at radius 1 is 0.909 bits per heavy atom. The maximum Gasteiger partial charge on any atom is 0.255 e. The van der Waals surface area contributed by atoms with Crippen LogP contribution in [-0.4, -0.2) is 33.0 Å². The highest BCUT2D eigenvalue weighted by Crippen LogP contribution is 2.43. The highest BCUT2D eigenvalue weighted by molar-refractivity contribution is 9.10. The van der Waals surface area contributed by atoms with E-state index in [-0.39, 0.29) is 5.78 Å². The average molecular weight is 514 g/mol. The monoisotopic (exact) mass is 513 g/mol. The standard InChI is InChI=1S/C25H21BrFNO5/c1-31-21-14-22(32-2)23(26)24(33-3)19(21)11-12-20(29)16-5-4-6-18(13-16)28-25(30)15-7-9-17(27)10-8-15/h4-14H,1-3H3,(H,28,30)/b12-11+. The van der Waals surface area contributed by atoms with Crippen molar-refractivity contribution in [1.82, 2.24) is 0 Å². The zero-order valence-corrected chi connectivity index (χ0v) is 19.7. The van der Waals surface area contributed by atoms with Gasteiger partial charge in [-0.15, -0.1) is 0 Å². The average Bonchev–Trinajstić information content (AvgIpc) is 2.83. The molecule has 0 aliphatic carbocycles. The van der Waals surface area contributed by atoms with Crippen LogP contribution < -0.4 is 19.5 Å². The summed E-state index contributed by atoms with van der Waals surface area (Å²) in [6.45, 7) is 0. The van der Waals surface area contributed by atoms with Crippen molar-refractivity contribution in [2.24, 2.45) is 0 Å². The first kappa shape index (κ1) is 24.0. The van der Waals surface area contributed by atoms with Crippen LogP contribution in [0.3, 0.4) is 0 Å². The highest BCUT2D eigenvalue weighted by Gasteiger charge is 2.17. The van der Waals surface area contributed by atoms with Gasteiger partial charge in [0.1, 0.15) is 27.5 Å². The lowest BCUT2D eigenvalue weighted by Crippen LogP contribution is -2.12. The summed E-state index contributed by atoms with van der Waals surface area (Å²) in [7, 11) is 4.54. The number of carbonyl (C=O) groups excluding carboxylic acids is 2. The number of hydrogen-bond acceptors (Lipinski definition) is 5. The Kier molecular flexibility index (Phi) is 7.84. The molecule has 0 heterocycles. The number of nitrogens with one attached hydrogen (secondary N) is 1. The fourth-order valence-corrected chi connectivity index (χ4v) is 3.74. The molecule has 0 aromatic heterocycles. The molecule has 3 aromatic rings. The number of benzene rings is 3. The van der Waals surface area contributed by atoms with Gasteiger partial charge in [-0.25, -0.2) is 4.39 Å². The number of amides is 1. The number of allylic oxidation sites excluding steroid dienone is 1. The van der Waals surface area contributed by atoms with E-state index in [1.165, 1.54) is 51.7 Å². The molecule has 1 amide bonds. The van der Waals surface area contributed by atoms with E-state index in [9.17, 15) is 14.0 Å². The predicted molar refractivity (Wildman–Crippen MR) is 128 cm³/mol. The minimum absolute atomic E-state index is 0.288. The lowest BCUT2D eigenvalue weighted by Gasteiger charge is -2.15. The van der Waals surface area contributed by atoms with Crippen molar-refractivity contribution in [3.8, 4) is 17.2 Å². The van der Waals surface area contributed by atoms with Gasteiger partial charge in [-0.3, -0.25) is 9.59 Å². The third-order valence-electron chi connectivity index (χ3n) is 4.74. The number of rotatable bonds is 8. The van der Waals surface area contributed by atoms with Crippen LogP contribution in [0, 0.1) is 5.82 Å². The molecule has 170 valence electrons. The zero-order chi connectivity index (χ0) is 24.0. The summed E-state index contributed by atoms with van der Waals surface area (Å²) < 4.78 is 29.9. The van der Waals surface area contributed by atoms with E-state index in [2.05, 4.69) is 21.2 Å². The fraction of sp³-hybridized carbons (Fsp3) is 0.120. The summed E-state index contributed by atoms with van der Waals surface area (Å²) in [5.74, 6) is 0.323. The summed E-state index contributed by atoms with van der Waals surface area (Å²) in [5, 5.41) is 2.71. The number of carbonyl (C=O) groups is 2. The second-order valence-electron chi connectivity index (χ2n) is 6.78. The van der Waals surface area contributed by atoms with E-state index in [1.807, 2.05) is 0 Å². The first-order chi connectivity index (χ1) is 15.9. The molecule has 0 radical (unpaired) electrons. The van der Waals surface area contributed by atoms with E-state index in [4.69, 9.17) is 14.2 Å². The summed E-state index contributed by atoms with van der Waals surface area (Å²) in [5.41, 5.74) is 1.67. The maximum atomic E-state index is 13.1. The number of methoxy groups -OCH3 is 3. The lowest BCUT2D eigenvalue weighted by atomic mass is 10.1. The molecule has 0 bridgehead atoms. The summed E-state index contributed by atoms with van der Waals surface area (Å²) >= 11 is 3.44. The molecule has 0 spiro atoms. The SMILES string of the molecule is COc1cc(OC)c(/C=C/C(=O)c2cccc(NC(=O)c3ccc(F)cc3)c2)c(OC)c1Br. The first-order valence-corrected chi connectivity index (χ1v) is 10.5. The van der Waals surface area contributed by atoms with Gasteiger partial charge in [0.2, 0.25) is 0 Å². The van der Waals surface area contributed by atoms with Crippen LogP contribution in [0.5, 0.6) is 17.2 Å². The lowest BCUT2D eigenvalue weighted by molar-refractivity contribution is 0.102. The summed E-state index contributed by atoms with van der Waals surface area (Å²) in [6.07, 6.45) is 2.98. The minimum Gasteiger partial charge on any atom is -0.496 e. The number of halogens is 2. The van der Waals surface area contributed by atoms with Gasteiger partial charge in [-0.2, -0.15) is 0 Å². The molecule has 1 N–H and O–H groups in total. The van der Waals surface area contributed by atoms with E-state index in [1.54, 1.807) is 36.4 Å². The second kappa shape index (κ2) is 10.8. The molecule has 0 aliphatic heterocycles. The van der Waals surface area contributed by atoms with E-state index < -0.39 is 11.7 Å². The molecule has 0 fully saturated rings. The van der Waals surface area contributed by atoms with Gasteiger partial charge < -0.3 is 19.5 Å². The Balaban J connectivity index is 1.83. The number of ether oxygens (including phenoxy) is 3. The van der Waals surface area contributed by atoms with Gasteiger partial charge in [-0.05, 0) is 64.5 Å². The van der Waals surface area contributed by atoms with Gasteiger partial charge in [0.25, 0.3) is 5.91 Å². The van der Waals surface area contributed by atoms with Crippen molar-refractivity contribution in [1.29, 1.82) is 0 Å². The Bertz CT molecular complexity index is 1210. The van der Waals surface area contributed by atoms with E-state index in [0.717, 1.165) is 0 Å². The third-order valence-corrected chi connectivity index (χ3v) is 5.50. The van der Waals surface area contributed by atoms with Crippen molar-refractivity contribution >= 4 is 39.4 Å². The van der Waals surface area contributed by atoms with Crippen molar-refractivity contribution in [2.45, 2.75) is 0 Å². The molecular formula is C25H21BrFNO5. The molecule has 3 rings (SSSR count). The molecule has 0 unspecified atom stereocenters. The third kappa shape index (κ3) is 5.59. The number of ketones is 1. The maximum absolute atomic E-state index is 13.1. The predicted octanol–water partition coefficient (Wildman–Crippen LogP) is 5.76. The van der Waals surface area contributed by atoms with Gasteiger partial charge >= 0.3 is 0 Å². The summed E-state index contributed by atoms with van der Waals surface area (Å²) in [4.78, 5) is 25.2. The smallest absolute Gasteiger partial charge is 0.255 e. The van der Waals surface area contributed by atoms with Gasteiger partial charge in [0.15, 0.2) is 5.78 Å². The van der Waals surface area contributed by atoms with Crippen LogP contribution in [-0.2, 0) is 0 Å². The van der Waals surface area contributed by atoms with Crippen LogP contribution in [0.4, 0.5) is 10.1 Å². The van der Waals surface area contributed by atoms with Gasteiger partial charge in [0.05, 0.1) is 26.9 Å². The van der Waals surface area contributed by atoms with Gasteiger partial charge in [-0.1, -0.05) is 12.1 Å². The van der Waals surface area contributed by atoms with Crippen LogP contribution >= 0.6 is 15.9 Å². The topological polar surface area (TPSA) is 73.9 Å². The number of hydrogen-bond donors (Lipinski definition) is 1. The van der Waals surface area contributed by atoms with E-state index in [0.29, 0.717) is 44.1 Å². The van der Waals surface area contributed by atoms with Crippen LogP contribution in [0.1, 0.15) is 26.3 Å². The summed E-state index contributed by atoms with van der Waals surface area (Å²) in [6, 6.07) is 13.4. The normalized spacial score (nSPS) is 10.7. The van der Waals surface area contributed by atoms with Gasteiger partial charge in [0, 0.05) is 22.9 Å². The van der Waals surface area contributed by atoms with E-state index >= 15 is 0 Å². The molecule has 0 saturated carbocycles. The van der Waals surface area contributed by atoms with Crippen molar-refractivity contribution < 1.29 is 28.2 Å². The molecule has 6 nitrogen and oxygen atoms in total. The molecule has 0 saturated heterocycles. The van der Waals surface area contributed by atoms with Crippen molar-refractivity contribution in [3.05, 3.63) is 87.7 Å². The molecular weight excluding hydrogens is 493 g/mol. The van der Waals surface area contributed by atoms with Crippen LogP contribution in [0.25, 0.3) is 6.08 Å². The first-order valence-electron chi connectivity index (χ1n) is 9.75.